The Morgan fingerprint density at radius 1 is 1.62 bits per heavy atom. The maximum atomic E-state index is 10.6. The Kier molecular flexibility index (Phi) is 7.06. The Balaban J connectivity index is 3.87. The maximum absolute atomic E-state index is 10.6. The standard InChI is InChI=1S/C8H14BNO3/c1-2-3-4-5-7(8(11)12)10-6-9-13/h6-7H,2-5H2,1H3,(H,11,12)/b10-6-/t7-/m0/s1. The van der Waals surface area contributed by atoms with Gasteiger partial charge in [-0.1, -0.05) is 0 Å². The quantitative estimate of drug-likeness (QED) is 0.365. The van der Waals surface area contributed by atoms with Gasteiger partial charge in [0.05, 0.1) is 0 Å². The first kappa shape index (κ1) is 12.0. The number of rotatable bonds is 7. The van der Waals surface area contributed by atoms with E-state index in [1.165, 1.54) is 0 Å². The molecule has 1 atom stereocenters. The van der Waals surface area contributed by atoms with Gasteiger partial charge >= 0.3 is 77.5 Å². The summed E-state index contributed by atoms with van der Waals surface area (Å²) in [5.74, 6) is -0.964. The van der Waals surface area contributed by atoms with Crippen molar-refractivity contribution in [2.24, 2.45) is 4.99 Å². The second-order valence-corrected chi connectivity index (χ2v) is 2.78. The van der Waals surface area contributed by atoms with Crippen molar-refractivity contribution in [3.8, 4) is 0 Å². The third kappa shape index (κ3) is 6.19. The molecule has 72 valence electrons. The average molecular weight is 183 g/mol. The predicted octanol–water partition coefficient (Wildman–Crippen LogP) is 1.10. The van der Waals surface area contributed by atoms with Crippen LogP contribution in [0.2, 0.25) is 0 Å². The fourth-order valence-corrected chi connectivity index (χ4v) is 0.988. The molecule has 13 heavy (non-hydrogen) atoms. The fourth-order valence-electron chi connectivity index (χ4n) is 0.988. The van der Waals surface area contributed by atoms with E-state index in [4.69, 9.17) is 5.11 Å². The third-order valence-electron chi connectivity index (χ3n) is 1.69. The Hall–Kier alpha value is -0.995. The molecule has 0 aromatic carbocycles. The molecule has 0 unspecified atom stereocenters. The molecule has 0 heterocycles. The van der Waals surface area contributed by atoms with E-state index in [9.17, 15) is 9.50 Å². The average Bonchev–Trinajstić information content (AvgIpc) is 2.10. The molecule has 0 fully saturated rings. The van der Waals surface area contributed by atoms with Crippen LogP contribution >= 0.6 is 0 Å². The number of hydrogen-bond acceptors (Lipinski definition) is 3. The molecule has 0 aromatic rings. The first-order chi connectivity index (χ1) is 6.22. The first-order valence-electron chi connectivity index (χ1n) is 4.42. The van der Waals surface area contributed by atoms with Gasteiger partial charge in [0.15, 0.2) is 0 Å². The van der Waals surface area contributed by atoms with Gasteiger partial charge in [-0.3, -0.25) is 0 Å². The molecule has 0 spiro atoms. The molecule has 1 N–H and O–H groups in total. The summed E-state index contributed by atoms with van der Waals surface area (Å²) in [6, 6.07) is -0.753. The molecule has 0 aliphatic rings. The van der Waals surface area contributed by atoms with Crippen LogP contribution in [-0.4, -0.2) is 30.4 Å². The summed E-state index contributed by atoms with van der Waals surface area (Å²) >= 11 is 0. The Labute approximate surface area is 78.3 Å². The summed E-state index contributed by atoms with van der Waals surface area (Å²) in [5, 5.41) is 8.67. The number of unbranched alkanes of at least 4 members (excludes halogenated alkanes) is 2. The predicted molar refractivity (Wildman–Crippen MR) is 50.5 cm³/mol. The number of carbonyl (C=O) groups is 1. The Morgan fingerprint density at radius 2 is 2.31 bits per heavy atom. The van der Waals surface area contributed by atoms with Crippen molar-refractivity contribution < 1.29 is 14.6 Å². The Morgan fingerprint density at radius 3 is 2.77 bits per heavy atom. The summed E-state index contributed by atoms with van der Waals surface area (Å²) in [7, 11) is 0.496. The van der Waals surface area contributed by atoms with Gasteiger partial charge < -0.3 is 0 Å². The van der Waals surface area contributed by atoms with E-state index in [2.05, 4.69) is 4.99 Å². The van der Waals surface area contributed by atoms with Crippen LogP contribution in [0, 0.1) is 0 Å². The van der Waals surface area contributed by atoms with E-state index >= 15 is 0 Å². The molecule has 0 aliphatic carbocycles. The van der Waals surface area contributed by atoms with Crippen LogP contribution in [0.1, 0.15) is 32.6 Å². The zero-order valence-corrected chi connectivity index (χ0v) is 7.77. The van der Waals surface area contributed by atoms with Crippen molar-refractivity contribution in [1.29, 1.82) is 0 Å². The number of aliphatic imine (C=N–C) groups is 1. The molecule has 0 rings (SSSR count). The van der Waals surface area contributed by atoms with Crippen LogP contribution in [0.4, 0.5) is 0 Å². The monoisotopic (exact) mass is 183 g/mol. The van der Waals surface area contributed by atoms with Gasteiger partial charge in [0.2, 0.25) is 0 Å². The number of aliphatic carboxylic acids is 1. The van der Waals surface area contributed by atoms with Crippen LogP contribution in [-0.2, 0) is 9.50 Å². The van der Waals surface area contributed by atoms with Crippen molar-refractivity contribution in [2.45, 2.75) is 38.6 Å². The van der Waals surface area contributed by atoms with Gasteiger partial charge in [-0.05, 0) is 0 Å². The fraction of sp³-hybridized carbons (Fsp3) is 0.750. The minimum absolute atomic E-state index is 0.496. The summed E-state index contributed by atoms with van der Waals surface area (Å²) in [5.41, 5.74) is 0. The minimum atomic E-state index is -0.964. The normalized spacial score (nSPS) is 12.7. The van der Waals surface area contributed by atoms with Crippen LogP contribution in [0.3, 0.4) is 0 Å². The molecule has 0 aromatic heterocycles. The molecule has 5 heteroatoms. The Bertz CT molecular complexity index is 194. The van der Waals surface area contributed by atoms with Gasteiger partial charge in [-0.15, -0.1) is 0 Å². The third-order valence-corrected chi connectivity index (χ3v) is 1.69. The van der Waals surface area contributed by atoms with E-state index < -0.39 is 12.0 Å². The van der Waals surface area contributed by atoms with Gasteiger partial charge in [0.25, 0.3) is 0 Å². The molecule has 0 radical (unpaired) electrons. The number of nitrogens with zero attached hydrogens (tertiary/aromatic N) is 1. The topological polar surface area (TPSA) is 66.7 Å². The van der Waals surface area contributed by atoms with E-state index in [1.54, 1.807) is 0 Å². The van der Waals surface area contributed by atoms with E-state index in [0.717, 1.165) is 25.4 Å². The second-order valence-electron chi connectivity index (χ2n) is 2.78. The van der Waals surface area contributed by atoms with Crippen molar-refractivity contribution in [2.75, 3.05) is 0 Å². The number of carboxylic acids is 1. The SMILES string of the molecule is CCCCC[C@H](/N=C\B=O)C(=O)O. The molecule has 4 nitrogen and oxygen atoms in total. The number of hydrogen-bond donors (Lipinski definition) is 1. The van der Waals surface area contributed by atoms with Crippen LogP contribution in [0.15, 0.2) is 4.99 Å². The van der Waals surface area contributed by atoms with Gasteiger partial charge in [0, 0.05) is 0 Å². The van der Waals surface area contributed by atoms with Crippen LogP contribution in [0.25, 0.3) is 0 Å². The molecule has 0 bridgehead atoms. The molecule has 0 aliphatic heterocycles. The van der Waals surface area contributed by atoms with Gasteiger partial charge in [-0.2, -0.15) is 0 Å². The van der Waals surface area contributed by atoms with Crippen molar-refractivity contribution in [3.05, 3.63) is 0 Å². The summed E-state index contributed by atoms with van der Waals surface area (Å²) < 4.78 is 9.92. The zero-order valence-electron chi connectivity index (χ0n) is 7.77. The zero-order chi connectivity index (χ0) is 10.1. The van der Waals surface area contributed by atoms with Crippen molar-refractivity contribution in [1.82, 2.24) is 0 Å². The van der Waals surface area contributed by atoms with Crippen LogP contribution < -0.4 is 0 Å². The summed E-state index contributed by atoms with van der Waals surface area (Å²) in [4.78, 5) is 14.2. The summed E-state index contributed by atoms with van der Waals surface area (Å²) in [6.45, 7) is 2.05. The van der Waals surface area contributed by atoms with Crippen molar-refractivity contribution in [3.63, 3.8) is 0 Å². The number of carboxylic acid groups (broad SMARTS) is 1. The van der Waals surface area contributed by atoms with E-state index in [-0.39, 0.29) is 0 Å². The van der Waals surface area contributed by atoms with Gasteiger partial charge in [-0.25, -0.2) is 0 Å². The van der Waals surface area contributed by atoms with E-state index in [0.29, 0.717) is 13.6 Å². The molecule has 0 amide bonds. The summed E-state index contributed by atoms with van der Waals surface area (Å²) in [6.07, 6.45) is 4.39. The second kappa shape index (κ2) is 7.64. The first-order valence-corrected chi connectivity index (χ1v) is 4.42. The van der Waals surface area contributed by atoms with Crippen molar-refractivity contribution >= 4 is 19.2 Å². The van der Waals surface area contributed by atoms with Crippen LogP contribution in [0.5, 0.6) is 0 Å². The van der Waals surface area contributed by atoms with Gasteiger partial charge in [0.1, 0.15) is 0 Å². The molecular formula is C8H14BNO3. The molecule has 0 saturated heterocycles. The molecule has 0 saturated carbocycles. The molecular weight excluding hydrogens is 169 g/mol. The van der Waals surface area contributed by atoms with E-state index in [1.807, 2.05) is 6.92 Å².